The third-order valence-electron chi connectivity index (χ3n) is 4.69. The minimum absolute atomic E-state index is 0.0557. The van der Waals surface area contributed by atoms with Crippen LogP contribution in [0.25, 0.3) is 0 Å². The molecule has 0 amide bonds. The van der Waals surface area contributed by atoms with Gasteiger partial charge in [-0.3, -0.25) is 4.79 Å². The fourth-order valence-corrected chi connectivity index (χ4v) is 6.08. The Balaban J connectivity index is 2.19. The number of esters is 1. The molecule has 2 fully saturated rings. The highest BCUT2D eigenvalue weighted by atomic mass is 32.2. The molecule has 0 aromatic heterocycles. The van der Waals surface area contributed by atoms with Crippen LogP contribution in [-0.4, -0.2) is 56.7 Å². The van der Waals surface area contributed by atoms with E-state index in [0.717, 1.165) is 32.4 Å². The summed E-state index contributed by atoms with van der Waals surface area (Å²) in [5.74, 6) is -0.891. The predicted octanol–water partition coefficient (Wildman–Crippen LogP) is 0.732. The lowest BCUT2D eigenvalue weighted by Crippen LogP contribution is -2.50. The van der Waals surface area contributed by atoms with Crippen LogP contribution in [0.4, 0.5) is 0 Å². The molecule has 7 heteroatoms. The van der Waals surface area contributed by atoms with E-state index in [0.29, 0.717) is 19.4 Å². The number of sulfonamides is 1. The highest BCUT2D eigenvalue weighted by Crippen LogP contribution is 2.35. The standard InChI is InChI=1S/C14H26N2O4S/c1-3-16(11-7-9-15-10-8-11)21(18,19)13-6-4-5-12(13)14(17)20-2/h11-13,15H,3-10H2,1-2H3. The van der Waals surface area contributed by atoms with E-state index in [2.05, 4.69) is 5.32 Å². The second-order valence-corrected chi connectivity index (χ2v) is 7.93. The minimum Gasteiger partial charge on any atom is -0.469 e. The van der Waals surface area contributed by atoms with Crippen LogP contribution in [0.2, 0.25) is 0 Å². The van der Waals surface area contributed by atoms with Crippen molar-refractivity contribution < 1.29 is 17.9 Å². The summed E-state index contributed by atoms with van der Waals surface area (Å²) in [6, 6.07) is 0.0557. The van der Waals surface area contributed by atoms with Gasteiger partial charge in [0.25, 0.3) is 0 Å². The average Bonchev–Trinajstić information content (AvgIpc) is 2.98. The van der Waals surface area contributed by atoms with E-state index in [1.165, 1.54) is 7.11 Å². The first-order valence-corrected chi connectivity index (χ1v) is 9.31. The van der Waals surface area contributed by atoms with Gasteiger partial charge in [0, 0.05) is 12.6 Å². The van der Waals surface area contributed by atoms with Gasteiger partial charge in [-0.05, 0) is 38.8 Å². The molecule has 0 radical (unpaired) electrons. The molecule has 1 saturated carbocycles. The van der Waals surface area contributed by atoms with Gasteiger partial charge in [-0.1, -0.05) is 13.3 Å². The first-order valence-electron chi connectivity index (χ1n) is 7.81. The highest BCUT2D eigenvalue weighted by Gasteiger charge is 2.46. The van der Waals surface area contributed by atoms with Gasteiger partial charge >= 0.3 is 5.97 Å². The third-order valence-corrected chi connectivity index (χ3v) is 7.23. The largest absolute Gasteiger partial charge is 0.469 e. The number of carbonyl (C=O) groups excluding carboxylic acids is 1. The van der Waals surface area contributed by atoms with Crippen LogP contribution in [0.3, 0.4) is 0 Å². The van der Waals surface area contributed by atoms with E-state index in [1.54, 1.807) is 4.31 Å². The molecule has 0 spiro atoms. The number of nitrogens with zero attached hydrogens (tertiary/aromatic N) is 1. The maximum atomic E-state index is 13.0. The Labute approximate surface area is 127 Å². The van der Waals surface area contributed by atoms with Crippen LogP contribution in [0.15, 0.2) is 0 Å². The maximum absolute atomic E-state index is 13.0. The summed E-state index contributed by atoms with van der Waals surface area (Å²) in [7, 11) is -2.12. The summed E-state index contributed by atoms with van der Waals surface area (Å²) in [5, 5.41) is 2.64. The molecule has 0 bridgehead atoms. The van der Waals surface area contributed by atoms with Crippen LogP contribution >= 0.6 is 0 Å². The van der Waals surface area contributed by atoms with Gasteiger partial charge in [-0.15, -0.1) is 0 Å². The average molecular weight is 318 g/mol. The first kappa shape index (κ1) is 16.7. The van der Waals surface area contributed by atoms with E-state index < -0.39 is 21.2 Å². The molecule has 1 aliphatic carbocycles. The number of rotatable bonds is 5. The summed E-state index contributed by atoms with van der Waals surface area (Å²) in [4.78, 5) is 11.8. The van der Waals surface area contributed by atoms with Crippen LogP contribution < -0.4 is 5.32 Å². The van der Waals surface area contributed by atoms with Crippen molar-refractivity contribution in [2.24, 2.45) is 5.92 Å². The molecule has 122 valence electrons. The summed E-state index contributed by atoms with van der Waals surface area (Å²) in [6.45, 7) is 4.04. The number of piperidine rings is 1. The number of hydrogen-bond acceptors (Lipinski definition) is 5. The molecule has 21 heavy (non-hydrogen) atoms. The molecule has 2 rings (SSSR count). The maximum Gasteiger partial charge on any atom is 0.310 e. The predicted molar refractivity (Wildman–Crippen MR) is 80.3 cm³/mol. The molecule has 6 nitrogen and oxygen atoms in total. The van der Waals surface area contributed by atoms with Crippen LogP contribution in [-0.2, 0) is 19.6 Å². The summed E-state index contributed by atoms with van der Waals surface area (Å²) in [5.41, 5.74) is 0. The van der Waals surface area contributed by atoms with E-state index >= 15 is 0 Å². The fraction of sp³-hybridized carbons (Fsp3) is 0.929. The molecule has 0 aromatic rings. The van der Waals surface area contributed by atoms with Crippen LogP contribution in [0, 0.1) is 5.92 Å². The lowest BCUT2D eigenvalue weighted by molar-refractivity contribution is -0.145. The number of methoxy groups -OCH3 is 1. The molecule has 1 N–H and O–H groups in total. The number of nitrogens with one attached hydrogen (secondary N) is 1. The Morgan fingerprint density at radius 3 is 2.48 bits per heavy atom. The second-order valence-electron chi connectivity index (χ2n) is 5.83. The van der Waals surface area contributed by atoms with Crippen molar-refractivity contribution >= 4 is 16.0 Å². The lowest BCUT2D eigenvalue weighted by Gasteiger charge is -2.35. The quantitative estimate of drug-likeness (QED) is 0.757. The fourth-order valence-electron chi connectivity index (χ4n) is 3.62. The van der Waals surface area contributed by atoms with E-state index in [4.69, 9.17) is 4.74 Å². The van der Waals surface area contributed by atoms with Gasteiger partial charge in [0.1, 0.15) is 0 Å². The molecular weight excluding hydrogens is 292 g/mol. The van der Waals surface area contributed by atoms with Crippen molar-refractivity contribution in [1.29, 1.82) is 0 Å². The van der Waals surface area contributed by atoms with Gasteiger partial charge in [0.2, 0.25) is 10.0 Å². The number of hydrogen-bond donors (Lipinski definition) is 1. The molecule has 2 atom stereocenters. The van der Waals surface area contributed by atoms with Gasteiger partial charge in [0.15, 0.2) is 0 Å². The van der Waals surface area contributed by atoms with E-state index in [-0.39, 0.29) is 12.0 Å². The van der Waals surface area contributed by atoms with Gasteiger partial charge in [0.05, 0.1) is 18.3 Å². The van der Waals surface area contributed by atoms with Crippen molar-refractivity contribution in [3.8, 4) is 0 Å². The molecule has 0 aromatic carbocycles. The third kappa shape index (κ3) is 3.40. The second kappa shape index (κ2) is 7.07. The molecule has 1 saturated heterocycles. The van der Waals surface area contributed by atoms with Crippen molar-refractivity contribution in [2.75, 3.05) is 26.7 Å². The summed E-state index contributed by atoms with van der Waals surface area (Å²) >= 11 is 0. The van der Waals surface area contributed by atoms with Crippen molar-refractivity contribution in [2.45, 2.75) is 50.3 Å². The Morgan fingerprint density at radius 2 is 1.90 bits per heavy atom. The normalized spacial score (nSPS) is 28.0. The Hall–Kier alpha value is -0.660. The smallest absolute Gasteiger partial charge is 0.310 e. The zero-order valence-electron chi connectivity index (χ0n) is 12.9. The summed E-state index contributed by atoms with van der Waals surface area (Å²) in [6.07, 6.45) is 3.61. The first-order chi connectivity index (χ1) is 10.0. The molecule has 2 aliphatic rings. The topological polar surface area (TPSA) is 75.7 Å². The zero-order valence-corrected chi connectivity index (χ0v) is 13.7. The molecule has 2 unspecified atom stereocenters. The van der Waals surface area contributed by atoms with Gasteiger partial charge in [-0.25, -0.2) is 8.42 Å². The Bertz CT molecular complexity index is 460. The Kier molecular flexibility index (Phi) is 5.62. The van der Waals surface area contributed by atoms with Crippen molar-refractivity contribution in [3.05, 3.63) is 0 Å². The van der Waals surface area contributed by atoms with Crippen LogP contribution in [0.1, 0.15) is 39.0 Å². The highest BCUT2D eigenvalue weighted by molar-refractivity contribution is 7.89. The lowest BCUT2D eigenvalue weighted by atomic mass is 10.1. The van der Waals surface area contributed by atoms with Crippen molar-refractivity contribution in [1.82, 2.24) is 9.62 Å². The zero-order chi connectivity index (χ0) is 15.5. The minimum atomic E-state index is -3.45. The van der Waals surface area contributed by atoms with Gasteiger partial charge in [-0.2, -0.15) is 4.31 Å². The van der Waals surface area contributed by atoms with Crippen LogP contribution in [0.5, 0.6) is 0 Å². The number of ether oxygens (including phenoxy) is 1. The SMILES string of the molecule is CCN(C1CCNCC1)S(=O)(=O)C1CCCC1C(=O)OC. The molecular formula is C14H26N2O4S. The van der Waals surface area contributed by atoms with Gasteiger partial charge < -0.3 is 10.1 Å². The van der Waals surface area contributed by atoms with E-state index in [9.17, 15) is 13.2 Å². The Morgan fingerprint density at radius 1 is 1.24 bits per heavy atom. The van der Waals surface area contributed by atoms with E-state index in [1.807, 2.05) is 6.92 Å². The summed E-state index contributed by atoms with van der Waals surface area (Å²) < 4.78 is 32.4. The number of carbonyl (C=O) groups is 1. The monoisotopic (exact) mass is 318 g/mol. The van der Waals surface area contributed by atoms with Crippen molar-refractivity contribution in [3.63, 3.8) is 0 Å². The molecule has 1 heterocycles. The molecule has 1 aliphatic heterocycles.